The number of hydrogen-bond acceptors (Lipinski definition) is 7. The Morgan fingerprint density at radius 3 is 2.59 bits per heavy atom. The van der Waals surface area contributed by atoms with Gasteiger partial charge in [0.25, 0.3) is 0 Å². The third-order valence-electron chi connectivity index (χ3n) is 8.83. The van der Waals surface area contributed by atoms with Gasteiger partial charge in [0.1, 0.15) is 12.2 Å². The first-order chi connectivity index (χ1) is 18.7. The van der Waals surface area contributed by atoms with Crippen molar-refractivity contribution in [1.29, 1.82) is 5.26 Å². The van der Waals surface area contributed by atoms with Gasteiger partial charge in [-0.25, -0.2) is 4.98 Å². The molecule has 4 atom stereocenters. The summed E-state index contributed by atoms with van der Waals surface area (Å²) in [5, 5.41) is 17.2. The van der Waals surface area contributed by atoms with Crippen LogP contribution in [0.1, 0.15) is 37.3 Å². The molecule has 0 bridgehead atoms. The summed E-state index contributed by atoms with van der Waals surface area (Å²) in [5.74, 6) is 2.84. The molecule has 0 amide bonds. The van der Waals surface area contributed by atoms with Gasteiger partial charge in [0.2, 0.25) is 5.95 Å². The van der Waals surface area contributed by atoms with Gasteiger partial charge in [-0.1, -0.05) is 36.7 Å². The zero-order chi connectivity index (χ0) is 27.3. The predicted molar refractivity (Wildman–Crippen MR) is 158 cm³/mol. The van der Waals surface area contributed by atoms with Crippen LogP contribution in [0.25, 0.3) is 0 Å². The minimum Gasteiger partial charge on any atom is -0.338 e. The van der Waals surface area contributed by atoms with Crippen molar-refractivity contribution in [2.45, 2.75) is 45.1 Å². The quantitative estimate of drug-likeness (QED) is 0.300. The van der Waals surface area contributed by atoms with Crippen LogP contribution in [-0.2, 0) is 17.4 Å². The van der Waals surface area contributed by atoms with E-state index in [9.17, 15) is 9.83 Å². The van der Waals surface area contributed by atoms with Crippen molar-refractivity contribution in [1.82, 2.24) is 14.9 Å². The number of nitrogens with zero attached hydrogens (tertiary/aromatic N) is 4. The topological polar surface area (TPSA) is 93.9 Å². The molecule has 0 spiro atoms. The molecule has 4 unspecified atom stereocenters. The number of halogens is 1. The molecular formula is C30H36ClN6OP. The van der Waals surface area contributed by atoms with E-state index in [4.69, 9.17) is 11.6 Å². The van der Waals surface area contributed by atoms with Gasteiger partial charge < -0.3 is 15.2 Å². The van der Waals surface area contributed by atoms with Crippen LogP contribution >= 0.6 is 18.7 Å². The molecule has 1 aromatic heterocycles. The monoisotopic (exact) mass is 562 g/mol. The number of fused-ring (bicyclic) bond motifs is 2. The number of nitrogens with one attached hydrogen (secondary N) is 2. The van der Waals surface area contributed by atoms with Gasteiger partial charge in [-0.05, 0) is 86.4 Å². The summed E-state index contributed by atoms with van der Waals surface area (Å²) >= 11 is 6.47. The second-order valence-corrected chi connectivity index (χ2v) is 15.6. The van der Waals surface area contributed by atoms with Crippen molar-refractivity contribution in [3.8, 4) is 6.07 Å². The molecule has 6 rings (SSSR count). The maximum absolute atomic E-state index is 12.9. The van der Waals surface area contributed by atoms with Crippen LogP contribution in [0.2, 0.25) is 5.02 Å². The maximum atomic E-state index is 12.9. The van der Waals surface area contributed by atoms with Crippen LogP contribution in [0.5, 0.6) is 0 Å². The van der Waals surface area contributed by atoms with E-state index in [-0.39, 0.29) is 0 Å². The summed E-state index contributed by atoms with van der Waals surface area (Å²) in [6, 6.07) is 9.64. The summed E-state index contributed by atoms with van der Waals surface area (Å²) in [5.41, 5.74) is 4.57. The van der Waals surface area contributed by atoms with E-state index in [1.807, 2.05) is 0 Å². The Morgan fingerprint density at radius 1 is 1.13 bits per heavy atom. The fraction of sp³-hybridized carbons (Fsp3) is 0.500. The number of rotatable bonds is 6. The first-order valence-electron chi connectivity index (χ1n) is 14.0. The van der Waals surface area contributed by atoms with Crippen LogP contribution in [0.3, 0.4) is 0 Å². The highest BCUT2D eigenvalue weighted by Gasteiger charge is 2.56. The minimum atomic E-state index is -2.47. The normalized spacial score (nSPS) is 28.3. The Labute approximate surface area is 236 Å². The first-order valence-corrected chi connectivity index (χ1v) is 17.0. The summed E-state index contributed by atoms with van der Waals surface area (Å²) in [6.45, 7) is 7.91. The molecule has 1 aromatic carbocycles. The fourth-order valence-electron chi connectivity index (χ4n) is 6.57. The SMILES string of the molecule is CC1C=C(P(C)(C)=O)C(Nc2nc(Nc3ccc4c(c3)CCC(N3CC5C(C#N)C5C3)CC4)ncc2Cl)=CC1. The lowest BCUT2D eigenvalue weighted by atomic mass is 10.0. The number of hydrogen-bond donors (Lipinski definition) is 2. The third kappa shape index (κ3) is 5.53. The molecule has 4 aliphatic rings. The van der Waals surface area contributed by atoms with Crippen molar-refractivity contribution in [2.24, 2.45) is 23.7 Å². The fourth-order valence-corrected chi connectivity index (χ4v) is 8.05. The zero-order valence-electron chi connectivity index (χ0n) is 22.8. The molecule has 1 saturated carbocycles. The van der Waals surface area contributed by atoms with Gasteiger partial charge in [0.05, 0.1) is 18.2 Å². The van der Waals surface area contributed by atoms with Crippen molar-refractivity contribution >= 4 is 36.2 Å². The lowest BCUT2D eigenvalue weighted by Gasteiger charge is -2.28. The van der Waals surface area contributed by atoms with Crippen LogP contribution < -0.4 is 10.6 Å². The highest BCUT2D eigenvalue weighted by atomic mass is 35.5. The van der Waals surface area contributed by atoms with Crippen molar-refractivity contribution in [3.05, 3.63) is 63.7 Å². The number of aromatic nitrogens is 2. The van der Waals surface area contributed by atoms with Crippen LogP contribution in [0.4, 0.5) is 17.5 Å². The molecule has 204 valence electrons. The average molecular weight is 563 g/mol. The molecular weight excluding hydrogens is 527 g/mol. The van der Waals surface area contributed by atoms with Crippen LogP contribution in [0, 0.1) is 35.0 Å². The van der Waals surface area contributed by atoms with E-state index < -0.39 is 7.14 Å². The molecule has 9 heteroatoms. The zero-order valence-corrected chi connectivity index (χ0v) is 24.5. The van der Waals surface area contributed by atoms with Gasteiger partial charge in [-0.2, -0.15) is 10.2 Å². The molecule has 1 saturated heterocycles. The summed E-state index contributed by atoms with van der Waals surface area (Å²) in [7, 11) is -2.47. The van der Waals surface area contributed by atoms with Crippen LogP contribution in [0.15, 0.2) is 47.6 Å². The van der Waals surface area contributed by atoms with Gasteiger partial charge in [0.15, 0.2) is 5.82 Å². The molecule has 1 aliphatic heterocycles. The summed E-state index contributed by atoms with van der Waals surface area (Å²) in [4.78, 5) is 11.7. The lowest BCUT2D eigenvalue weighted by Crippen LogP contribution is -2.35. The van der Waals surface area contributed by atoms with E-state index in [0.29, 0.717) is 46.5 Å². The smallest absolute Gasteiger partial charge is 0.229 e. The number of aryl methyl sites for hydroxylation is 2. The third-order valence-corrected chi connectivity index (χ3v) is 10.7. The molecule has 2 fully saturated rings. The standard InChI is InChI=1S/C30H36ClN6OP/c1-18-4-11-27(28(12-18)39(2,3)38)35-29-26(31)15-33-30(36-29)34-21-8-5-19-6-9-22(10-7-20(19)13-21)37-16-24-23(14-32)25(24)17-37/h5,8,11-13,15,18,22-25H,4,6-7,9-10,16-17H2,1-3H3,(H2,33,34,35,36). The molecule has 39 heavy (non-hydrogen) atoms. The van der Waals surface area contributed by atoms with Gasteiger partial charge >= 0.3 is 0 Å². The number of benzene rings is 1. The predicted octanol–water partition coefficient (Wildman–Crippen LogP) is 6.66. The number of allylic oxidation sites excluding steroid dienone is 3. The lowest BCUT2D eigenvalue weighted by molar-refractivity contribution is 0.195. The first kappa shape index (κ1) is 26.6. The Kier molecular flexibility index (Phi) is 7.08. The number of likely N-dealkylation sites (tertiary alicyclic amines) is 1. The van der Waals surface area contributed by atoms with E-state index in [2.05, 4.69) is 68.8 Å². The highest BCUT2D eigenvalue weighted by molar-refractivity contribution is 7.67. The maximum Gasteiger partial charge on any atom is 0.229 e. The number of nitriles is 1. The second-order valence-electron chi connectivity index (χ2n) is 12.0. The van der Waals surface area contributed by atoms with E-state index in [1.54, 1.807) is 19.5 Å². The molecule has 2 heterocycles. The van der Waals surface area contributed by atoms with E-state index in [0.717, 1.165) is 55.5 Å². The largest absolute Gasteiger partial charge is 0.338 e. The molecule has 7 nitrogen and oxygen atoms in total. The Morgan fingerprint density at radius 2 is 1.87 bits per heavy atom. The highest BCUT2D eigenvalue weighted by Crippen LogP contribution is 2.53. The van der Waals surface area contributed by atoms with Gasteiger partial charge in [0, 0.05) is 35.8 Å². The molecule has 0 radical (unpaired) electrons. The van der Waals surface area contributed by atoms with Gasteiger partial charge in [-0.3, -0.25) is 4.90 Å². The molecule has 2 aromatic rings. The van der Waals surface area contributed by atoms with Crippen molar-refractivity contribution < 1.29 is 4.57 Å². The average Bonchev–Trinajstić information content (AvgIpc) is 3.46. The van der Waals surface area contributed by atoms with Gasteiger partial charge in [-0.15, -0.1) is 0 Å². The number of anilines is 3. The Balaban J connectivity index is 1.13. The Bertz CT molecular complexity index is 1430. The minimum absolute atomic E-state index is 0.310. The van der Waals surface area contributed by atoms with Crippen LogP contribution in [-0.4, -0.2) is 47.3 Å². The molecule has 3 aliphatic carbocycles. The summed E-state index contributed by atoms with van der Waals surface area (Å²) < 4.78 is 12.9. The Hall–Kier alpha value is -2.65. The van der Waals surface area contributed by atoms with Crippen molar-refractivity contribution in [2.75, 3.05) is 37.1 Å². The number of piperidine rings is 1. The van der Waals surface area contributed by atoms with E-state index >= 15 is 0 Å². The summed E-state index contributed by atoms with van der Waals surface area (Å²) in [6.07, 6.45) is 11.1. The van der Waals surface area contributed by atoms with Crippen molar-refractivity contribution in [3.63, 3.8) is 0 Å². The molecule has 2 N–H and O–H groups in total. The van der Waals surface area contributed by atoms with E-state index in [1.165, 1.54) is 17.5 Å². The second kappa shape index (κ2) is 10.4.